The van der Waals surface area contributed by atoms with Gasteiger partial charge in [0, 0.05) is 24.6 Å². The first-order valence-electron chi connectivity index (χ1n) is 8.52. The van der Waals surface area contributed by atoms with Crippen molar-refractivity contribution in [2.45, 2.75) is 57.9 Å². The Bertz CT molecular complexity index is 557. The van der Waals surface area contributed by atoms with Gasteiger partial charge in [-0.3, -0.25) is 0 Å². The van der Waals surface area contributed by atoms with E-state index in [1.807, 2.05) is 31.2 Å². The van der Waals surface area contributed by atoms with Crippen LogP contribution in [0.2, 0.25) is 0 Å². The third-order valence-corrected chi connectivity index (χ3v) is 5.37. The number of hydrogen-bond acceptors (Lipinski definition) is 3. The standard InChI is InChI=1S/C18H26N2O3/c1-2-23-16-10-15(18(16)7-4-8-18)20-17(22)19-11-13-5-3-6-14(9-13)12-21/h3,5-6,9,15-16,21H,2,4,7-8,10-12H2,1H3,(H2,19,20,22)/t15-,16-/m0/s1. The normalized spacial score (nSPS) is 24.6. The highest BCUT2D eigenvalue weighted by Crippen LogP contribution is 2.57. The fourth-order valence-electron chi connectivity index (χ4n) is 3.87. The highest BCUT2D eigenvalue weighted by atomic mass is 16.5. The summed E-state index contributed by atoms with van der Waals surface area (Å²) in [6, 6.07) is 7.72. The van der Waals surface area contributed by atoms with Crippen molar-refractivity contribution in [3.8, 4) is 0 Å². The summed E-state index contributed by atoms with van der Waals surface area (Å²) >= 11 is 0. The van der Waals surface area contributed by atoms with Crippen molar-refractivity contribution in [3.63, 3.8) is 0 Å². The average molecular weight is 318 g/mol. The molecule has 2 amide bonds. The number of rotatable bonds is 6. The molecule has 2 saturated carbocycles. The topological polar surface area (TPSA) is 70.6 Å². The molecule has 0 radical (unpaired) electrons. The van der Waals surface area contributed by atoms with Gasteiger partial charge in [-0.25, -0.2) is 4.79 Å². The smallest absolute Gasteiger partial charge is 0.315 e. The van der Waals surface area contributed by atoms with Crippen molar-refractivity contribution in [1.82, 2.24) is 10.6 Å². The van der Waals surface area contributed by atoms with Gasteiger partial charge in [-0.1, -0.05) is 30.7 Å². The molecule has 0 aliphatic heterocycles. The lowest BCUT2D eigenvalue weighted by atomic mass is 9.51. The molecule has 5 nitrogen and oxygen atoms in total. The molecule has 1 aromatic carbocycles. The number of ether oxygens (including phenoxy) is 1. The lowest BCUT2D eigenvalue weighted by Gasteiger charge is -2.60. The molecule has 2 aliphatic rings. The SMILES string of the molecule is CCO[C@H]1C[C@H](NC(=O)NCc2cccc(CO)c2)C12CCC2. The van der Waals surface area contributed by atoms with Crippen molar-refractivity contribution >= 4 is 6.03 Å². The molecule has 3 rings (SSSR count). The van der Waals surface area contributed by atoms with Gasteiger partial charge < -0.3 is 20.5 Å². The lowest BCUT2D eigenvalue weighted by Crippen LogP contribution is -2.68. The van der Waals surface area contributed by atoms with Gasteiger partial charge in [0.1, 0.15) is 0 Å². The van der Waals surface area contributed by atoms with Crippen LogP contribution >= 0.6 is 0 Å². The van der Waals surface area contributed by atoms with E-state index in [0.717, 1.165) is 37.0 Å². The minimum Gasteiger partial charge on any atom is -0.392 e. The Morgan fingerprint density at radius 2 is 2.17 bits per heavy atom. The minimum absolute atomic E-state index is 0.0173. The molecule has 0 heterocycles. The maximum Gasteiger partial charge on any atom is 0.315 e. The molecule has 2 atom stereocenters. The zero-order valence-electron chi connectivity index (χ0n) is 13.7. The molecule has 126 valence electrons. The summed E-state index contributed by atoms with van der Waals surface area (Å²) in [5.41, 5.74) is 2.03. The molecule has 0 bridgehead atoms. The number of benzene rings is 1. The van der Waals surface area contributed by atoms with E-state index in [-0.39, 0.29) is 24.1 Å². The van der Waals surface area contributed by atoms with Crippen LogP contribution in [0.4, 0.5) is 4.79 Å². The zero-order chi connectivity index (χ0) is 16.3. The van der Waals surface area contributed by atoms with E-state index < -0.39 is 0 Å². The molecule has 0 unspecified atom stereocenters. The molecule has 23 heavy (non-hydrogen) atoms. The van der Waals surface area contributed by atoms with Crippen molar-refractivity contribution in [2.75, 3.05) is 6.61 Å². The number of urea groups is 1. The Kier molecular flexibility index (Phi) is 4.87. The van der Waals surface area contributed by atoms with Crippen LogP contribution < -0.4 is 10.6 Å². The van der Waals surface area contributed by atoms with Gasteiger partial charge >= 0.3 is 6.03 Å². The van der Waals surface area contributed by atoms with Crippen LogP contribution in [-0.2, 0) is 17.9 Å². The zero-order valence-corrected chi connectivity index (χ0v) is 13.7. The van der Waals surface area contributed by atoms with Crippen LogP contribution in [0.15, 0.2) is 24.3 Å². The number of amides is 2. The van der Waals surface area contributed by atoms with Crippen molar-refractivity contribution in [2.24, 2.45) is 5.41 Å². The molecular formula is C18H26N2O3. The first-order chi connectivity index (χ1) is 11.2. The van der Waals surface area contributed by atoms with E-state index in [1.165, 1.54) is 6.42 Å². The predicted molar refractivity (Wildman–Crippen MR) is 87.8 cm³/mol. The van der Waals surface area contributed by atoms with Crippen LogP contribution in [0, 0.1) is 5.41 Å². The molecule has 0 aromatic heterocycles. The number of hydrogen-bond donors (Lipinski definition) is 3. The quantitative estimate of drug-likeness (QED) is 0.754. The maximum absolute atomic E-state index is 12.2. The fraction of sp³-hybridized carbons (Fsp3) is 0.611. The molecule has 5 heteroatoms. The predicted octanol–water partition coefficient (Wildman–Crippen LogP) is 2.33. The summed E-state index contributed by atoms with van der Waals surface area (Å²) in [4.78, 5) is 12.2. The number of aliphatic hydroxyl groups excluding tert-OH is 1. The summed E-state index contributed by atoms with van der Waals surface area (Å²) in [6.45, 7) is 3.25. The Morgan fingerprint density at radius 3 is 2.83 bits per heavy atom. The van der Waals surface area contributed by atoms with Gasteiger partial charge in [-0.15, -0.1) is 0 Å². The Labute approximate surface area is 137 Å². The van der Waals surface area contributed by atoms with Crippen molar-refractivity contribution in [1.29, 1.82) is 0 Å². The van der Waals surface area contributed by atoms with E-state index in [1.54, 1.807) is 0 Å². The van der Waals surface area contributed by atoms with E-state index >= 15 is 0 Å². The van der Waals surface area contributed by atoms with E-state index in [0.29, 0.717) is 12.6 Å². The largest absolute Gasteiger partial charge is 0.392 e. The van der Waals surface area contributed by atoms with E-state index in [4.69, 9.17) is 9.84 Å². The van der Waals surface area contributed by atoms with Gasteiger partial charge in [-0.05, 0) is 37.3 Å². The summed E-state index contributed by atoms with van der Waals surface area (Å²) in [5, 5.41) is 15.2. The minimum atomic E-state index is -0.120. The Hall–Kier alpha value is -1.59. The van der Waals surface area contributed by atoms with Gasteiger partial charge in [0.15, 0.2) is 0 Å². The molecule has 0 saturated heterocycles. The fourth-order valence-corrected chi connectivity index (χ4v) is 3.87. The van der Waals surface area contributed by atoms with Gasteiger partial charge in [0.25, 0.3) is 0 Å². The summed E-state index contributed by atoms with van der Waals surface area (Å²) in [5.74, 6) is 0. The third-order valence-electron chi connectivity index (χ3n) is 5.37. The van der Waals surface area contributed by atoms with Crippen molar-refractivity contribution < 1.29 is 14.6 Å². The third kappa shape index (κ3) is 3.21. The Balaban J connectivity index is 1.48. The molecule has 3 N–H and O–H groups in total. The highest BCUT2D eigenvalue weighted by Gasteiger charge is 2.59. The van der Waals surface area contributed by atoms with Crippen molar-refractivity contribution in [3.05, 3.63) is 35.4 Å². The average Bonchev–Trinajstić information content (AvgIpc) is 2.50. The number of carbonyl (C=O) groups is 1. The van der Waals surface area contributed by atoms with Gasteiger partial charge in [0.2, 0.25) is 0 Å². The van der Waals surface area contributed by atoms with Crippen LogP contribution in [-0.4, -0.2) is 29.9 Å². The van der Waals surface area contributed by atoms with Gasteiger partial charge in [-0.2, -0.15) is 0 Å². The summed E-state index contributed by atoms with van der Waals surface area (Å²) in [6.07, 6.45) is 4.77. The number of carbonyl (C=O) groups excluding carboxylic acids is 1. The lowest BCUT2D eigenvalue weighted by molar-refractivity contribution is -0.169. The van der Waals surface area contributed by atoms with Crippen LogP contribution in [0.25, 0.3) is 0 Å². The van der Waals surface area contributed by atoms with Gasteiger partial charge in [0.05, 0.1) is 12.7 Å². The van der Waals surface area contributed by atoms with Crippen LogP contribution in [0.1, 0.15) is 43.7 Å². The second-order valence-corrected chi connectivity index (χ2v) is 6.62. The van der Waals surface area contributed by atoms with Crippen LogP contribution in [0.3, 0.4) is 0 Å². The monoisotopic (exact) mass is 318 g/mol. The summed E-state index contributed by atoms with van der Waals surface area (Å²) < 4.78 is 5.81. The van der Waals surface area contributed by atoms with E-state index in [9.17, 15) is 4.79 Å². The summed E-state index contributed by atoms with van der Waals surface area (Å²) in [7, 11) is 0. The second-order valence-electron chi connectivity index (χ2n) is 6.62. The number of aliphatic hydroxyl groups is 1. The molecular weight excluding hydrogens is 292 g/mol. The molecule has 2 aliphatic carbocycles. The van der Waals surface area contributed by atoms with E-state index in [2.05, 4.69) is 10.6 Å². The maximum atomic E-state index is 12.2. The second kappa shape index (κ2) is 6.89. The number of nitrogens with one attached hydrogen (secondary N) is 2. The molecule has 2 fully saturated rings. The first-order valence-corrected chi connectivity index (χ1v) is 8.52. The first kappa shape index (κ1) is 16.3. The highest BCUT2D eigenvalue weighted by molar-refractivity contribution is 5.74. The molecule has 1 spiro atoms. The molecule has 1 aromatic rings. The Morgan fingerprint density at radius 1 is 1.39 bits per heavy atom. The van der Waals surface area contributed by atoms with Crippen LogP contribution in [0.5, 0.6) is 0 Å².